The van der Waals surface area contributed by atoms with Gasteiger partial charge < -0.3 is 16.0 Å². The fourth-order valence-corrected chi connectivity index (χ4v) is 1.57. The Hall–Kier alpha value is -2.37. The Balaban J connectivity index is 2.21. The van der Waals surface area contributed by atoms with E-state index in [0.717, 1.165) is 5.56 Å². The molecule has 18 heavy (non-hydrogen) atoms. The molecular weight excluding hydrogens is 235 g/mol. The highest BCUT2D eigenvalue weighted by Gasteiger charge is 2.10. The van der Waals surface area contributed by atoms with E-state index in [9.17, 15) is 9.18 Å². The lowest BCUT2D eigenvalue weighted by atomic mass is 10.1. The standard InChI is InChI=1S/C12H13FN4O/c1-7(8-2-4-9(13)5-3-8)17-11-10(14)12(18)16-6-15-11/h2-7H,14H2,1H3,(H2,15,16,17,18). The van der Waals surface area contributed by atoms with Crippen LogP contribution in [0.4, 0.5) is 15.9 Å². The molecule has 94 valence electrons. The van der Waals surface area contributed by atoms with Crippen molar-refractivity contribution in [3.63, 3.8) is 0 Å². The van der Waals surface area contributed by atoms with E-state index in [2.05, 4.69) is 15.3 Å². The quantitative estimate of drug-likeness (QED) is 0.771. The van der Waals surface area contributed by atoms with Crippen LogP contribution in [0, 0.1) is 5.82 Å². The van der Waals surface area contributed by atoms with Gasteiger partial charge in [0.15, 0.2) is 5.82 Å². The number of nitrogen functional groups attached to an aromatic ring is 1. The molecule has 0 saturated carbocycles. The highest BCUT2D eigenvalue weighted by atomic mass is 19.1. The van der Waals surface area contributed by atoms with Crippen molar-refractivity contribution >= 4 is 11.5 Å². The van der Waals surface area contributed by atoms with Crippen LogP contribution in [-0.4, -0.2) is 9.97 Å². The van der Waals surface area contributed by atoms with E-state index in [1.54, 1.807) is 12.1 Å². The Bertz CT molecular complexity index is 594. The van der Waals surface area contributed by atoms with Crippen LogP contribution in [-0.2, 0) is 0 Å². The van der Waals surface area contributed by atoms with Gasteiger partial charge in [-0.25, -0.2) is 9.37 Å². The second-order valence-electron chi connectivity index (χ2n) is 3.91. The first-order valence-electron chi connectivity index (χ1n) is 5.43. The van der Waals surface area contributed by atoms with E-state index in [1.807, 2.05) is 6.92 Å². The van der Waals surface area contributed by atoms with Gasteiger partial charge in [-0.3, -0.25) is 4.79 Å². The summed E-state index contributed by atoms with van der Waals surface area (Å²) < 4.78 is 12.8. The topological polar surface area (TPSA) is 83.8 Å². The summed E-state index contributed by atoms with van der Waals surface area (Å²) in [7, 11) is 0. The number of aromatic nitrogens is 2. The number of halogens is 1. The Kier molecular flexibility index (Phi) is 3.27. The van der Waals surface area contributed by atoms with E-state index in [1.165, 1.54) is 18.5 Å². The van der Waals surface area contributed by atoms with Gasteiger partial charge in [0.05, 0.1) is 12.4 Å². The molecule has 1 atom stereocenters. The lowest BCUT2D eigenvalue weighted by Gasteiger charge is -2.15. The number of aromatic amines is 1. The van der Waals surface area contributed by atoms with Gasteiger partial charge in [-0.05, 0) is 24.6 Å². The molecule has 0 amide bonds. The predicted molar refractivity (Wildman–Crippen MR) is 67.7 cm³/mol. The summed E-state index contributed by atoms with van der Waals surface area (Å²) in [6.45, 7) is 1.87. The maximum atomic E-state index is 12.8. The minimum atomic E-state index is -0.390. The van der Waals surface area contributed by atoms with Crippen molar-refractivity contribution < 1.29 is 4.39 Å². The van der Waals surface area contributed by atoms with Gasteiger partial charge in [0.25, 0.3) is 5.56 Å². The SMILES string of the molecule is CC(Nc1nc[nH]c(=O)c1N)c1ccc(F)cc1. The van der Waals surface area contributed by atoms with Crippen molar-refractivity contribution in [3.8, 4) is 0 Å². The molecule has 1 heterocycles. The summed E-state index contributed by atoms with van der Waals surface area (Å²) in [5.41, 5.74) is 6.12. The summed E-state index contributed by atoms with van der Waals surface area (Å²) in [5, 5.41) is 3.01. The minimum Gasteiger partial charge on any atom is -0.391 e. The van der Waals surface area contributed by atoms with Gasteiger partial charge in [-0.2, -0.15) is 0 Å². The van der Waals surface area contributed by atoms with Gasteiger partial charge in [-0.15, -0.1) is 0 Å². The molecule has 0 spiro atoms. The van der Waals surface area contributed by atoms with Crippen LogP contribution in [0.3, 0.4) is 0 Å². The summed E-state index contributed by atoms with van der Waals surface area (Å²) in [6, 6.07) is 5.94. The molecule has 0 aliphatic rings. The van der Waals surface area contributed by atoms with Crippen LogP contribution >= 0.6 is 0 Å². The van der Waals surface area contributed by atoms with E-state index in [0.29, 0.717) is 5.82 Å². The molecule has 0 aliphatic carbocycles. The molecule has 0 fully saturated rings. The number of hydrogen-bond donors (Lipinski definition) is 3. The van der Waals surface area contributed by atoms with Gasteiger partial charge in [0.1, 0.15) is 11.5 Å². The number of nitrogens with two attached hydrogens (primary N) is 1. The second-order valence-corrected chi connectivity index (χ2v) is 3.91. The molecule has 0 aliphatic heterocycles. The zero-order chi connectivity index (χ0) is 13.1. The highest BCUT2D eigenvalue weighted by Crippen LogP contribution is 2.19. The maximum absolute atomic E-state index is 12.8. The summed E-state index contributed by atoms with van der Waals surface area (Å²) >= 11 is 0. The third-order valence-electron chi connectivity index (χ3n) is 2.61. The third-order valence-corrected chi connectivity index (χ3v) is 2.61. The highest BCUT2D eigenvalue weighted by molar-refractivity contribution is 5.59. The first kappa shape index (κ1) is 12.1. The number of hydrogen-bond acceptors (Lipinski definition) is 4. The fraction of sp³-hybridized carbons (Fsp3) is 0.167. The molecule has 1 unspecified atom stereocenters. The van der Waals surface area contributed by atoms with Crippen molar-refractivity contribution in [1.29, 1.82) is 0 Å². The molecule has 0 bridgehead atoms. The van der Waals surface area contributed by atoms with Crippen LogP contribution in [0.5, 0.6) is 0 Å². The Morgan fingerprint density at radius 1 is 1.39 bits per heavy atom. The molecule has 6 heteroatoms. The van der Waals surface area contributed by atoms with Crippen molar-refractivity contribution in [1.82, 2.24) is 9.97 Å². The largest absolute Gasteiger partial charge is 0.391 e. The lowest BCUT2D eigenvalue weighted by Crippen LogP contribution is -2.17. The van der Waals surface area contributed by atoms with Crippen LogP contribution in [0.2, 0.25) is 0 Å². The molecule has 2 aromatic rings. The molecular formula is C12H13FN4O. The number of nitrogens with one attached hydrogen (secondary N) is 2. The lowest BCUT2D eigenvalue weighted by molar-refractivity contribution is 0.626. The molecule has 1 aromatic heterocycles. The first-order chi connectivity index (χ1) is 8.58. The smallest absolute Gasteiger partial charge is 0.276 e. The summed E-state index contributed by atoms with van der Waals surface area (Å²) in [5.74, 6) is 0.0234. The molecule has 5 nitrogen and oxygen atoms in total. The fourth-order valence-electron chi connectivity index (χ4n) is 1.57. The monoisotopic (exact) mass is 248 g/mol. The van der Waals surface area contributed by atoms with Gasteiger partial charge in [0, 0.05) is 0 Å². The van der Waals surface area contributed by atoms with E-state index in [-0.39, 0.29) is 23.1 Å². The van der Waals surface area contributed by atoms with Gasteiger partial charge in [-0.1, -0.05) is 12.1 Å². The molecule has 0 saturated heterocycles. The number of nitrogens with zero attached hydrogens (tertiary/aromatic N) is 1. The maximum Gasteiger partial charge on any atom is 0.276 e. The summed E-state index contributed by atoms with van der Waals surface area (Å²) in [4.78, 5) is 17.6. The van der Waals surface area contributed by atoms with E-state index < -0.39 is 0 Å². The first-order valence-corrected chi connectivity index (χ1v) is 5.43. The number of rotatable bonds is 3. The van der Waals surface area contributed by atoms with Gasteiger partial charge >= 0.3 is 0 Å². The summed E-state index contributed by atoms with van der Waals surface area (Å²) in [6.07, 6.45) is 1.28. The van der Waals surface area contributed by atoms with Crippen molar-refractivity contribution in [2.75, 3.05) is 11.1 Å². The molecule has 1 aromatic carbocycles. The normalized spacial score (nSPS) is 12.1. The van der Waals surface area contributed by atoms with E-state index in [4.69, 9.17) is 5.73 Å². The minimum absolute atomic E-state index is 0.0338. The predicted octanol–water partition coefficient (Wildman–Crippen LogP) is 1.66. The molecule has 4 N–H and O–H groups in total. The van der Waals surface area contributed by atoms with Crippen molar-refractivity contribution in [2.24, 2.45) is 0 Å². The number of H-pyrrole nitrogens is 1. The van der Waals surface area contributed by atoms with Crippen LogP contribution in [0.15, 0.2) is 35.4 Å². The number of anilines is 2. The van der Waals surface area contributed by atoms with Crippen LogP contribution in [0.25, 0.3) is 0 Å². The second kappa shape index (κ2) is 4.87. The third kappa shape index (κ3) is 2.48. The van der Waals surface area contributed by atoms with Crippen LogP contribution < -0.4 is 16.6 Å². The Morgan fingerprint density at radius 2 is 2.06 bits per heavy atom. The Labute approximate surface area is 103 Å². The average Bonchev–Trinajstić information content (AvgIpc) is 2.36. The van der Waals surface area contributed by atoms with Crippen molar-refractivity contribution in [3.05, 3.63) is 52.3 Å². The van der Waals surface area contributed by atoms with E-state index >= 15 is 0 Å². The van der Waals surface area contributed by atoms with Gasteiger partial charge in [0.2, 0.25) is 0 Å². The zero-order valence-corrected chi connectivity index (χ0v) is 9.77. The van der Waals surface area contributed by atoms with Crippen LogP contribution in [0.1, 0.15) is 18.5 Å². The molecule has 0 radical (unpaired) electrons. The molecule has 2 rings (SSSR count). The zero-order valence-electron chi connectivity index (χ0n) is 9.77. The Morgan fingerprint density at radius 3 is 2.72 bits per heavy atom. The van der Waals surface area contributed by atoms with Crippen molar-refractivity contribution in [2.45, 2.75) is 13.0 Å². The number of benzene rings is 1. The average molecular weight is 248 g/mol.